The molecule has 0 bridgehead atoms. The molecule has 2 rings (SSSR count). The van der Waals surface area contributed by atoms with Gasteiger partial charge < -0.3 is 5.11 Å². The molecule has 94 valence electrons. The third-order valence-corrected chi connectivity index (χ3v) is 5.72. The molecular weight excluding hydrogens is 326 g/mol. The molecule has 2 heterocycles. The molecule has 1 aromatic rings. The summed E-state index contributed by atoms with van der Waals surface area (Å²) in [6.45, 7) is 3.60. The molecule has 1 saturated heterocycles. The molecule has 0 spiro atoms. The van der Waals surface area contributed by atoms with E-state index in [2.05, 4.69) is 20.8 Å². The van der Waals surface area contributed by atoms with Gasteiger partial charge in [-0.3, -0.25) is 9.69 Å². The Morgan fingerprint density at radius 2 is 2.47 bits per heavy atom. The lowest BCUT2D eigenvalue weighted by molar-refractivity contribution is -0.142. The molecule has 2 atom stereocenters. The van der Waals surface area contributed by atoms with E-state index >= 15 is 0 Å². The van der Waals surface area contributed by atoms with Gasteiger partial charge in [0.05, 0.1) is 5.92 Å². The number of carboxylic acids is 1. The van der Waals surface area contributed by atoms with E-state index in [9.17, 15) is 4.79 Å². The van der Waals surface area contributed by atoms with Crippen molar-refractivity contribution in [2.75, 3.05) is 6.54 Å². The van der Waals surface area contributed by atoms with Crippen LogP contribution in [0.3, 0.4) is 0 Å². The van der Waals surface area contributed by atoms with Crippen molar-refractivity contribution in [1.29, 1.82) is 0 Å². The lowest BCUT2D eigenvalue weighted by atomic mass is 10.0. The molecule has 0 aromatic carbocycles. The fraction of sp³-hybridized carbons (Fsp3) is 0.545. The van der Waals surface area contributed by atoms with Gasteiger partial charge in [0.25, 0.3) is 0 Å². The van der Waals surface area contributed by atoms with E-state index in [0.29, 0.717) is 0 Å². The van der Waals surface area contributed by atoms with Crippen molar-refractivity contribution >= 4 is 44.8 Å². The van der Waals surface area contributed by atoms with Gasteiger partial charge in [-0.25, -0.2) is 0 Å². The van der Waals surface area contributed by atoms with Gasteiger partial charge in [-0.2, -0.15) is 0 Å². The summed E-state index contributed by atoms with van der Waals surface area (Å²) in [7, 11) is 0. The number of likely N-dealkylation sites (tertiary alicyclic amines) is 1. The summed E-state index contributed by atoms with van der Waals surface area (Å²) in [5.41, 5.74) is 0. The minimum atomic E-state index is -0.689. The van der Waals surface area contributed by atoms with Crippen LogP contribution in [-0.2, 0) is 11.3 Å². The lowest BCUT2D eigenvalue weighted by Crippen LogP contribution is -2.32. The van der Waals surface area contributed by atoms with Gasteiger partial charge in [0, 0.05) is 21.9 Å². The first kappa shape index (κ1) is 13.3. The van der Waals surface area contributed by atoms with Gasteiger partial charge >= 0.3 is 5.97 Å². The number of thiophene rings is 1. The minimum Gasteiger partial charge on any atom is -0.481 e. The summed E-state index contributed by atoms with van der Waals surface area (Å²) in [6.07, 6.45) is 0.733. The van der Waals surface area contributed by atoms with Gasteiger partial charge in [-0.05, 0) is 41.9 Å². The molecule has 0 amide bonds. The summed E-state index contributed by atoms with van der Waals surface area (Å²) < 4.78 is 1.67. The highest BCUT2D eigenvalue weighted by Gasteiger charge is 2.35. The molecule has 0 radical (unpaired) electrons. The number of rotatable bonds is 3. The van der Waals surface area contributed by atoms with Crippen LogP contribution in [0.5, 0.6) is 0 Å². The zero-order chi connectivity index (χ0) is 12.6. The van der Waals surface area contributed by atoms with Crippen LogP contribution >= 0.6 is 38.9 Å². The van der Waals surface area contributed by atoms with Crippen LogP contribution in [0.1, 0.15) is 18.2 Å². The molecule has 1 N–H and O–H groups in total. The highest BCUT2D eigenvalue weighted by molar-refractivity contribution is 9.10. The predicted octanol–water partition coefficient (Wildman–Crippen LogP) is 3.46. The number of halogens is 2. The molecule has 0 aliphatic carbocycles. The number of aliphatic carboxylic acids is 1. The number of carbonyl (C=O) groups is 1. The lowest BCUT2D eigenvalue weighted by Gasteiger charge is -2.22. The number of carboxylic acid groups (broad SMARTS) is 1. The number of nitrogens with zero attached hydrogens (tertiary/aromatic N) is 1. The first-order valence-electron chi connectivity index (χ1n) is 5.39. The second-order valence-electron chi connectivity index (χ2n) is 4.28. The SMILES string of the molecule is CC1C(C(=O)O)CCN1Cc1cc(Br)c(Cl)s1. The van der Waals surface area contributed by atoms with Crippen LogP contribution in [-0.4, -0.2) is 28.6 Å². The van der Waals surface area contributed by atoms with E-state index in [1.54, 1.807) is 11.3 Å². The van der Waals surface area contributed by atoms with E-state index in [1.807, 2.05) is 13.0 Å². The maximum absolute atomic E-state index is 11.0. The normalized spacial score (nSPS) is 25.4. The minimum absolute atomic E-state index is 0.0900. The monoisotopic (exact) mass is 337 g/mol. The van der Waals surface area contributed by atoms with Crippen LogP contribution in [0.2, 0.25) is 4.34 Å². The van der Waals surface area contributed by atoms with E-state index in [1.165, 1.54) is 4.88 Å². The van der Waals surface area contributed by atoms with Crippen molar-refractivity contribution in [2.24, 2.45) is 5.92 Å². The molecule has 0 saturated carbocycles. The Morgan fingerprint density at radius 3 is 2.94 bits per heavy atom. The summed E-state index contributed by atoms with van der Waals surface area (Å²) in [4.78, 5) is 14.4. The topological polar surface area (TPSA) is 40.5 Å². The van der Waals surface area contributed by atoms with E-state index in [4.69, 9.17) is 16.7 Å². The third-order valence-electron chi connectivity index (χ3n) is 3.26. The van der Waals surface area contributed by atoms with Crippen LogP contribution in [0, 0.1) is 5.92 Å². The Hall–Kier alpha value is -0.100. The molecule has 3 nitrogen and oxygen atoms in total. The van der Waals surface area contributed by atoms with Crippen molar-refractivity contribution in [3.8, 4) is 0 Å². The average Bonchev–Trinajstić information content (AvgIpc) is 2.74. The summed E-state index contributed by atoms with van der Waals surface area (Å²) >= 11 is 10.9. The molecule has 1 aliphatic heterocycles. The van der Waals surface area contributed by atoms with Crippen LogP contribution in [0.4, 0.5) is 0 Å². The Bertz CT molecular complexity index is 418. The second-order valence-corrected chi connectivity index (χ2v) is 6.87. The largest absolute Gasteiger partial charge is 0.481 e. The van der Waals surface area contributed by atoms with Gasteiger partial charge in [-0.15, -0.1) is 11.3 Å². The quantitative estimate of drug-likeness (QED) is 0.917. The molecule has 1 aliphatic rings. The maximum atomic E-state index is 11.0. The maximum Gasteiger partial charge on any atom is 0.308 e. The molecule has 1 aromatic heterocycles. The Morgan fingerprint density at radius 1 is 1.76 bits per heavy atom. The Balaban J connectivity index is 2.03. The Labute approximate surface area is 118 Å². The smallest absolute Gasteiger partial charge is 0.308 e. The molecule has 6 heteroatoms. The van der Waals surface area contributed by atoms with Crippen LogP contribution < -0.4 is 0 Å². The fourth-order valence-corrected chi connectivity index (χ4v) is 4.04. The van der Waals surface area contributed by atoms with E-state index in [0.717, 1.165) is 28.3 Å². The standard InChI is InChI=1S/C11H13BrClNO2S/c1-6-8(11(15)16)2-3-14(6)5-7-4-9(12)10(13)17-7/h4,6,8H,2-3,5H2,1H3,(H,15,16). The summed E-state index contributed by atoms with van der Waals surface area (Å²) in [5.74, 6) is -0.931. The van der Waals surface area contributed by atoms with Crippen molar-refractivity contribution in [3.63, 3.8) is 0 Å². The second kappa shape index (κ2) is 5.26. The molecule has 17 heavy (non-hydrogen) atoms. The molecule has 1 fully saturated rings. The van der Waals surface area contributed by atoms with Crippen LogP contribution in [0.15, 0.2) is 10.5 Å². The average molecular weight is 339 g/mol. The van der Waals surface area contributed by atoms with Crippen molar-refractivity contribution in [1.82, 2.24) is 4.90 Å². The zero-order valence-electron chi connectivity index (χ0n) is 9.32. The number of hydrogen-bond donors (Lipinski definition) is 1. The van der Waals surface area contributed by atoms with Gasteiger partial charge in [0.2, 0.25) is 0 Å². The number of hydrogen-bond acceptors (Lipinski definition) is 3. The van der Waals surface area contributed by atoms with Gasteiger partial charge in [0.15, 0.2) is 0 Å². The highest BCUT2D eigenvalue weighted by atomic mass is 79.9. The van der Waals surface area contributed by atoms with Crippen molar-refractivity contribution < 1.29 is 9.90 Å². The van der Waals surface area contributed by atoms with Crippen molar-refractivity contribution in [2.45, 2.75) is 25.9 Å². The van der Waals surface area contributed by atoms with Gasteiger partial charge in [-0.1, -0.05) is 11.6 Å². The highest BCUT2D eigenvalue weighted by Crippen LogP contribution is 2.34. The zero-order valence-corrected chi connectivity index (χ0v) is 12.5. The first-order valence-corrected chi connectivity index (χ1v) is 7.38. The van der Waals surface area contributed by atoms with Gasteiger partial charge in [0.1, 0.15) is 4.34 Å². The van der Waals surface area contributed by atoms with E-state index in [-0.39, 0.29) is 12.0 Å². The predicted molar refractivity (Wildman–Crippen MR) is 72.6 cm³/mol. The molecular formula is C11H13BrClNO2S. The van der Waals surface area contributed by atoms with Crippen molar-refractivity contribution in [3.05, 3.63) is 19.8 Å². The summed E-state index contributed by atoms with van der Waals surface area (Å²) in [6, 6.07) is 2.10. The van der Waals surface area contributed by atoms with E-state index < -0.39 is 5.97 Å². The summed E-state index contributed by atoms with van der Waals surface area (Å²) in [5, 5.41) is 9.06. The first-order chi connectivity index (χ1) is 7.99. The van der Waals surface area contributed by atoms with Crippen LogP contribution in [0.25, 0.3) is 0 Å². The Kier molecular flexibility index (Phi) is 4.13. The molecule has 2 unspecified atom stereocenters. The third kappa shape index (κ3) is 2.84. The fourth-order valence-electron chi connectivity index (χ4n) is 2.23.